The van der Waals surface area contributed by atoms with Crippen LogP contribution in [0.1, 0.15) is 23.0 Å². The molecule has 0 radical (unpaired) electrons. The Morgan fingerprint density at radius 3 is 2.61 bits per heavy atom. The number of nitrogens with one attached hydrogen (secondary N) is 1. The Balaban J connectivity index is 1.47. The standard InChI is InChI=1S/C22H23ClN4O/c1-15-7-9-17(10-8-15)27-12-11-26(14-16(27)2)22(28)21-13-20(24-25-21)18-5-3-4-6-19(18)23/h3-10,13,16H,11-12,14H2,1-2H3,(H,24,25). The third-order valence-corrected chi connectivity index (χ3v) is 5.57. The highest BCUT2D eigenvalue weighted by atomic mass is 35.5. The van der Waals surface area contributed by atoms with Crippen molar-refractivity contribution in [3.05, 3.63) is 70.9 Å². The second-order valence-corrected chi connectivity index (χ2v) is 7.68. The first-order chi connectivity index (χ1) is 13.5. The Morgan fingerprint density at radius 1 is 1.14 bits per heavy atom. The molecule has 1 aromatic heterocycles. The molecule has 1 fully saturated rings. The first-order valence-corrected chi connectivity index (χ1v) is 9.83. The fourth-order valence-corrected chi connectivity index (χ4v) is 3.90. The van der Waals surface area contributed by atoms with E-state index in [1.165, 1.54) is 11.3 Å². The molecule has 1 aliphatic rings. The van der Waals surface area contributed by atoms with Gasteiger partial charge >= 0.3 is 0 Å². The van der Waals surface area contributed by atoms with Crippen molar-refractivity contribution in [2.75, 3.05) is 24.5 Å². The molecule has 6 heteroatoms. The van der Waals surface area contributed by atoms with Crippen LogP contribution in [0.3, 0.4) is 0 Å². The van der Waals surface area contributed by atoms with Crippen molar-refractivity contribution in [1.29, 1.82) is 0 Å². The minimum absolute atomic E-state index is 0.0267. The molecule has 1 saturated heterocycles. The van der Waals surface area contributed by atoms with Gasteiger partial charge in [-0.3, -0.25) is 9.89 Å². The SMILES string of the molecule is Cc1ccc(N2CCN(C(=O)c3cc(-c4ccccc4Cl)n[nH]3)CC2C)cc1. The van der Waals surface area contributed by atoms with Crippen molar-refractivity contribution in [1.82, 2.24) is 15.1 Å². The third kappa shape index (κ3) is 3.62. The number of hydrogen-bond acceptors (Lipinski definition) is 3. The third-order valence-electron chi connectivity index (χ3n) is 5.24. The van der Waals surface area contributed by atoms with E-state index in [1.54, 1.807) is 6.07 Å². The Morgan fingerprint density at radius 2 is 1.89 bits per heavy atom. The number of piperazine rings is 1. The number of benzene rings is 2. The van der Waals surface area contributed by atoms with Gasteiger partial charge in [0.05, 0.1) is 10.7 Å². The highest BCUT2D eigenvalue weighted by Crippen LogP contribution is 2.27. The molecule has 1 unspecified atom stereocenters. The summed E-state index contributed by atoms with van der Waals surface area (Å²) < 4.78 is 0. The number of halogens is 1. The number of hydrogen-bond donors (Lipinski definition) is 1. The Bertz CT molecular complexity index is 982. The van der Waals surface area contributed by atoms with Gasteiger partial charge in [-0.1, -0.05) is 47.5 Å². The topological polar surface area (TPSA) is 52.2 Å². The predicted octanol–water partition coefficient (Wildman–Crippen LogP) is 4.39. The number of rotatable bonds is 3. The van der Waals surface area contributed by atoms with Crippen LogP contribution < -0.4 is 4.90 Å². The van der Waals surface area contributed by atoms with Crippen molar-refractivity contribution < 1.29 is 4.79 Å². The monoisotopic (exact) mass is 394 g/mol. The van der Waals surface area contributed by atoms with Gasteiger partial charge in [0.15, 0.2) is 0 Å². The predicted molar refractivity (Wildman–Crippen MR) is 113 cm³/mol. The van der Waals surface area contributed by atoms with Crippen LogP contribution in [0.4, 0.5) is 5.69 Å². The number of anilines is 1. The number of aromatic nitrogens is 2. The van der Waals surface area contributed by atoms with Crippen LogP contribution in [-0.2, 0) is 0 Å². The second-order valence-electron chi connectivity index (χ2n) is 7.28. The lowest BCUT2D eigenvalue weighted by Gasteiger charge is -2.41. The van der Waals surface area contributed by atoms with Gasteiger partial charge in [0.1, 0.15) is 5.69 Å². The molecule has 0 aliphatic carbocycles. The van der Waals surface area contributed by atoms with Gasteiger partial charge in [0.25, 0.3) is 5.91 Å². The number of carbonyl (C=O) groups excluding carboxylic acids is 1. The van der Waals surface area contributed by atoms with Gasteiger partial charge in [-0.05, 0) is 38.1 Å². The minimum Gasteiger partial charge on any atom is -0.365 e. The average molecular weight is 395 g/mol. The molecule has 144 valence electrons. The van der Waals surface area contributed by atoms with Crippen LogP contribution in [0.25, 0.3) is 11.3 Å². The number of aryl methyl sites for hydroxylation is 1. The molecule has 2 heterocycles. The fraction of sp³-hybridized carbons (Fsp3) is 0.273. The minimum atomic E-state index is -0.0267. The Labute approximate surface area is 169 Å². The zero-order valence-corrected chi connectivity index (χ0v) is 16.8. The molecule has 2 aromatic carbocycles. The first kappa shape index (κ1) is 18.6. The van der Waals surface area contributed by atoms with Crippen LogP contribution >= 0.6 is 11.6 Å². The van der Waals surface area contributed by atoms with E-state index < -0.39 is 0 Å². The van der Waals surface area contributed by atoms with Crippen molar-refractivity contribution in [3.63, 3.8) is 0 Å². The molecule has 0 saturated carbocycles. The molecule has 0 spiro atoms. The maximum atomic E-state index is 13.0. The van der Waals surface area contributed by atoms with E-state index >= 15 is 0 Å². The number of carbonyl (C=O) groups is 1. The first-order valence-electron chi connectivity index (χ1n) is 9.46. The van der Waals surface area contributed by atoms with E-state index in [-0.39, 0.29) is 11.9 Å². The fourth-order valence-electron chi connectivity index (χ4n) is 3.67. The quantitative estimate of drug-likeness (QED) is 0.716. The van der Waals surface area contributed by atoms with Gasteiger partial charge in [-0.15, -0.1) is 0 Å². The summed E-state index contributed by atoms with van der Waals surface area (Å²) in [5, 5.41) is 7.78. The number of aromatic amines is 1. The van der Waals surface area contributed by atoms with Crippen LogP contribution in [0.2, 0.25) is 5.02 Å². The summed E-state index contributed by atoms with van der Waals surface area (Å²) in [4.78, 5) is 17.2. The van der Waals surface area contributed by atoms with Gasteiger partial charge in [0.2, 0.25) is 0 Å². The summed E-state index contributed by atoms with van der Waals surface area (Å²) in [5.41, 5.74) is 4.44. The smallest absolute Gasteiger partial charge is 0.272 e. The Hall–Kier alpha value is -2.79. The Kier molecular flexibility index (Phi) is 5.09. The molecule has 5 nitrogen and oxygen atoms in total. The lowest BCUT2D eigenvalue weighted by Crippen LogP contribution is -2.53. The summed E-state index contributed by atoms with van der Waals surface area (Å²) in [6.07, 6.45) is 0. The highest BCUT2D eigenvalue weighted by Gasteiger charge is 2.28. The number of nitrogens with zero attached hydrogens (tertiary/aromatic N) is 3. The van der Waals surface area contributed by atoms with Crippen LogP contribution in [-0.4, -0.2) is 46.7 Å². The van der Waals surface area contributed by atoms with E-state index in [2.05, 4.69) is 53.2 Å². The summed E-state index contributed by atoms with van der Waals surface area (Å²) >= 11 is 6.24. The summed E-state index contributed by atoms with van der Waals surface area (Å²) in [6.45, 7) is 6.40. The molecule has 1 amide bonds. The maximum absolute atomic E-state index is 13.0. The number of H-pyrrole nitrogens is 1. The molecular formula is C22H23ClN4O. The second kappa shape index (κ2) is 7.68. The zero-order chi connectivity index (χ0) is 19.7. The summed E-state index contributed by atoms with van der Waals surface area (Å²) in [6, 6.07) is 18.1. The van der Waals surface area contributed by atoms with Gasteiger partial charge in [-0.2, -0.15) is 5.10 Å². The zero-order valence-electron chi connectivity index (χ0n) is 16.0. The van der Waals surface area contributed by atoms with Crippen LogP contribution in [0.5, 0.6) is 0 Å². The largest absolute Gasteiger partial charge is 0.365 e. The van der Waals surface area contributed by atoms with Gasteiger partial charge in [-0.25, -0.2) is 0 Å². The van der Waals surface area contributed by atoms with Crippen LogP contribution in [0, 0.1) is 6.92 Å². The molecule has 4 rings (SSSR count). The maximum Gasteiger partial charge on any atom is 0.272 e. The normalized spacial score (nSPS) is 17.0. The van der Waals surface area contributed by atoms with E-state index in [0.29, 0.717) is 29.5 Å². The van der Waals surface area contributed by atoms with E-state index in [4.69, 9.17) is 11.6 Å². The van der Waals surface area contributed by atoms with Gasteiger partial charge in [0, 0.05) is 36.9 Å². The molecule has 0 bridgehead atoms. The molecule has 1 N–H and O–H groups in total. The molecule has 1 atom stereocenters. The lowest BCUT2D eigenvalue weighted by atomic mass is 10.1. The van der Waals surface area contributed by atoms with Gasteiger partial charge < -0.3 is 9.80 Å². The average Bonchev–Trinajstić information content (AvgIpc) is 3.18. The summed E-state index contributed by atoms with van der Waals surface area (Å²) in [7, 11) is 0. The molecular weight excluding hydrogens is 372 g/mol. The summed E-state index contributed by atoms with van der Waals surface area (Å²) in [5.74, 6) is -0.0267. The van der Waals surface area contributed by atoms with Crippen molar-refractivity contribution in [2.45, 2.75) is 19.9 Å². The van der Waals surface area contributed by atoms with Crippen molar-refractivity contribution in [2.24, 2.45) is 0 Å². The highest BCUT2D eigenvalue weighted by molar-refractivity contribution is 6.33. The number of amides is 1. The van der Waals surface area contributed by atoms with Crippen molar-refractivity contribution in [3.8, 4) is 11.3 Å². The lowest BCUT2D eigenvalue weighted by molar-refractivity contribution is 0.0720. The van der Waals surface area contributed by atoms with Crippen LogP contribution in [0.15, 0.2) is 54.6 Å². The molecule has 28 heavy (non-hydrogen) atoms. The van der Waals surface area contributed by atoms with E-state index in [0.717, 1.165) is 12.1 Å². The van der Waals surface area contributed by atoms with Crippen molar-refractivity contribution >= 4 is 23.2 Å². The van der Waals surface area contributed by atoms with E-state index in [1.807, 2.05) is 29.2 Å². The van der Waals surface area contributed by atoms with E-state index in [9.17, 15) is 4.79 Å². The molecule has 1 aliphatic heterocycles. The molecule has 3 aromatic rings.